The van der Waals surface area contributed by atoms with Gasteiger partial charge >= 0.3 is 0 Å². The van der Waals surface area contributed by atoms with Gasteiger partial charge in [0.15, 0.2) is 0 Å². The van der Waals surface area contributed by atoms with Crippen LogP contribution < -0.4 is 15.5 Å². The number of para-hydroxylation sites is 1. The van der Waals surface area contributed by atoms with E-state index in [4.69, 9.17) is 0 Å². The van der Waals surface area contributed by atoms with Gasteiger partial charge in [-0.1, -0.05) is 30.3 Å². The minimum Gasteiger partial charge on any atom is -0.374 e. The number of fused-ring (bicyclic) bond motifs is 1. The van der Waals surface area contributed by atoms with E-state index in [9.17, 15) is 4.79 Å². The van der Waals surface area contributed by atoms with Crippen molar-refractivity contribution in [3.8, 4) is 0 Å². The predicted octanol–water partition coefficient (Wildman–Crippen LogP) is 2.44. The Bertz CT molecular complexity index is 696. The first-order valence-electron chi connectivity index (χ1n) is 8.48. The topological polar surface area (TPSA) is 44.4 Å². The molecule has 4 nitrogen and oxygen atoms in total. The Hall–Kier alpha value is -2.33. The molecule has 0 spiro atoms. The molecule has 1 heterocycles. The van der Waals surface area contributed by atoms with Crippen LogP contribution in [0.3, 0.4) is 0 Å². The van der Waals surface area contributed by atoms with Crippen molar-refractivity contribution in [1.82, 2.24) is 10.6 Å². The van der Waals surface area contributed by atoms with Crippen molar-refractivity contribution in [3.05, 3.63) is 65.2 Å². The van der Waals surface area contributed by atoms with Crippen LogP contribution in [0, 0.1) is 5.92 Å². The third kappa shape index (κ3) is 3.77. The Morgan fingerprint density at radius 1 is 1.17 bits per heavy atom. The third-order valence-electron chi connectivity index (χ3n) is 4.65. The van der Waals surface area contributed by atoms with Crippen molar-refractivity contribution >= 4 is 11.6 Å². The normalized spacial score (nSPS) is 16.6. The second kappa shape index (κ2) is 7.49. The number of carbonyl (C=O) groups excluding carboxylic acids is 1. The summed E-state index contributed by atoms with van der Waals surface area (Å²) in [5.74, 6) is 0.577. The molecule has 1 atom stereocenters. The Kier molecular flexibility index (Phi) is 5.16. The zero-order valence-corrected chi connectivity index (χ0v) is 14.4. The smallest absolute Gasteiger partial charge is 0.251 e. The van der Waals surface area contributed by atoms with E-state index in [1.807, 2.05) is 24.3 Å². The van der Waals surface area contributed by atoms with E-state index in [-0.39, 0.29) is 5.91 Å². The lowest BCUT2D eigenvalue weighted by molar-refractivity contribution is 0.0963. The summed E-state index contributed by atoms with van der Waals surface area (Å²) in [5.41, 5.74) is 4.70. The molecule has 2 aromatic carbocycles. The molecule has 2 N–H and O–H groups in total. The molecule has 1 unspecified atom stereocenters. The molecule has 0 saturated heterocycles. The molecule has 0 fully saturated rings. The molecular formula is C20H25N3O. The number of hydrogen-bond acceptors (Lipinski definition) is 3. The molecule has 3 rings (SSSR count). The maximum atomic E-state index is 11.5. The van der Waals surface area contributed by atoms with Crippen molar-refractivity contribution in [2.75, 3.05) is 32.1 Å². The largest absolute Gasteiger partial charge is 0.374 e. The first kappa shape index (κ1) is 16.5. The van der Waals surface area contributed by atoms with Gasteiger partial charge in [0, 0.05) is 45.0 Å². The minimum absolute atomic E-state index is 0.0431. The summed E-state index contributed by atoms with van der Waals surface area (Å²) < 4.78 is 0. The average molecular weight is 323 g/mol. The molecule has 2 aromatic rings. The maximum absolute atomic E-state index is 11.5. The van der Waals surface area contributed by atoms with Crippen LogP contribution in [0.25, 0.3) is 0 Å². The number of carbonyl (C=O) groups is 1. The van der Waals surface area contributed by atoms with Gasteiger partial charge in [-0.15, -0.1) is 0 Å². The quantitative estimate of drug-likeness (QED) is 0.888. The average Bonchev–Trinajstić information content (AvgIpc) is 2.62. The fourth-order valence-electron chi connectivity index (χ4n) is 3.39. The lowest BCUT2D eigenvalue weighted by Gasteiger charge is -2.33. The summed E-state index contributed by atoms with van der Waals surface area (Å²) in [6.07, 6.45) is 1.13. The maximum Gasteiger partial charge on any atom is 0.251 e. The highest BCUT2D eigenvalue weighted by Gasteiger charge is 2.21. The molecule has 0 aliphatic carbocycles. The van der Waals surface area contributed by atoms with Crippen molar-refractivity contribution in [2.24, 2.45) is 5.92 Å². The van der Waals surface area contributed by atoms with E-state index in [1.54, 1.807) is 7.05 Å². The highest BCUT2D eigenvalue weighted by atomic mass is 16.1. The number of nitrogens with one attached hydrogen (secondary N) is 2. The fourth-order valence-corrected chi connectivity index (χ4v) is 3.39. The summed E-state index contributed by atoms with van der Waals surface area (Å²) in [4.78, 5) is 13.9. The molecule has 0 aromatic heterocycles. The number of anilines is 1. The van der Waals surface area contributed by atoms with E-state index in [1.165, 1.54) is 16.8 Å². The second-order valence-corrected chi connectivity index (χ2v) is 6.49. The lowest BCUT2D eigenvalue weighted by Crippen LogP contribution is -2.37. The van der Waals surface area contributed by atoms with Crippen LogP contribution in [0.15, 0.2) is 48.5 Å². The summed E-state index contributed by atoms with van der Waals surface area (Å²) in [5, 5.41) is 6.20. The molecule has 0 saturated carbocycles. The summed E-state index contributed by atoms with van der Waals surface area (Å²) in [7, 11) is 3.82. The number of nitrogens with zero attached hydrogens (tertiary/aromatic N) is 1. The van der Waals surface area contributed by atoms with Gasteiger partial charge < -0.3 is 15.5 Å². The van der Waals surface area contributed by atoms with Crippen LogP contribution in [-0.4, -0.2) is 33.1 Å². The van der Waals surface area contributed by atoms with Gasteiger partial charge in [-0.05, 0) is 41.7 Å². The van der Waals surface area contributed by atoms with Gasteiger partial charge in [0.25, 0.3) is 5.91 Å². The monoisotopic (exact) mass is 323 g/mol. The van der Waals surface area contributed by atoms with Crippen molar-refractivity contribution in [2.45, 2.75) is 13.0 Å². The number of rotatable bonds is 5. The van der Waals surface area contributed by atoms with Crippen LogP contribution in [0.1, 0.15) is 21.5 Å². The molecular weight excluding hydrogens is 298 g/mol. The van der Waals surface area contributed by atoms with Gasteiger partial charge in [0.2, 0.25) is 0 Å². The van der Waals surface area contributed by atoms with Crippen molar-refractivity contribution < 1.29 is 4.79 Å². The molecule has 4 heteroatoms. The Balaban J connectivity index is 1.51. The first-order valence-corrected chi connectivity index (χ1v) is 8.48. The zero-order chi connectivity index (χ0) is 16.9. The molecule has 1 amide bonds. The van der Waals surface area contributed by atoms with Crippen LogP contribution >= 0.6 is 0 Å². The van der Waals surface area contributed by atoms with Crippen LogP contribution in [-0.2, 0) is 13.0 Å². The second-order valence-electron chi connectivity index (χ2n) is 6.49. The lowest BCUT2D eigenvalue weighted by atomic mass is 9.93. The van der Waals surface area contributed by atoms with E-state index >= 15 is 0 Å². The van der Waals surface area contributed by atoms with Crippen LogP contribution in [0.2, 0.25) is 0 Å². The highest BCUT2D eigenvalue weighted by Crippen LogP contribution is 2.27. The molecule has 0 radical (unpaired) electrons. The van der Waals surface area contributed by atoms with Gasteiger partial charge in [-0.25, -0.2) is 0 Å². The Labute approximate surface area is 143 Å². The number of hydrogen-bond donors (Lipinski definition) is 2. The SMILES string of the molecule is CNC(=O)c1ccc(CNCC2Cc3ccccc3N(C)C2)cc1. The predicted molar refractivity (Wildman–Crippen MR) is 98.4 cm³/mol. The van der Waals surface area contributed by atoms with E-state index in [0.29, 0.717) is 11.5 Å². The highest BCUT2D eigenvalue weighted by molar-refractivity contribution is 5.93. The van der Waals surface area contributed by atoms with E-state index < -0.39 is 0 Å². The van der Waals surface area contributed by atoms with E-state index in [0.717, 1.165) is 26.1 Å². The van der Waals surface area contributed by atoms with Crippen molar-refractivity contribution in [1.29, 1.82) is 0 Å². The molecule has 0 bridgehead atoms. The molecule has 24 heavy (non-hydrogen) atoms. The first-order chi connectivity index (χ1) is 11.7. The van der Waals surface area contributed by atoms with E-state index in [2.05, 4.69) is 46.8 Å². The van der Waals surface area contributed by atoms with Crippen molar-refractivity contribution in [3.63, 3.8) is 0 Å². The number of amides is 1. The van der Waals surface area contributed by atoms with Gasteiger partial charge in [0.1, 0.15) is 0 Å². The van der Waals surface area contributed by atoms with Crippen LogP contribution in [0.4, 0.5) is 5.69 Å². The molecule has 126 valence electrons. The summed E-state index contributed by atoms with van der Waals surface area (Å²) in [6.45, 7) is 2.91. The minimum atomic E-state index is -0.0431. The summed E-state index contributed by atoms with van der Waals surface area (Å²) in [6, 6.07) is 16.4. The zero-order valence-electron chi connectivity index (χ0n) is 14.4. The molecule has 1 aliphatic rings. The van der Waals surface area contributed by atoms with Gasteiger partial charge in [-0.3, -0.25) is 4.79 Å². The van der Waals surface area contributed by atoms with Gasteiger partial charge in [-0.2, -0.15) is 0 Å². The third-order valence-corrected chi connectivity index (χ3v) is 4.65. The Morgan fingerprint density at radius 2 is 1.92 bits per heavy atom. The molecule has 1 aliphatic heterocycles. The van der Waals surface area contributed by atoms with Crippen LogP contribution in [0.5, 0.6) is 0 Å². The summed E-state index contributed by atoms with van der Waals surface area (Å²) >= 11 is 0. The van der Waals surface area contributed by atoms with Gasteiger partial charge in [0.05, 0.1) is 0 Å². The fraction of sp³-hybridized carbons (Fsp3) is 0.350. The Morgan fingerprint density at radius 3 is 2.67 bits per heavy atom. The number of benzene rings is 2. The standard InChI is InChI=1S/C20H25N3O/c1-21-20(24)17-9-7-15(8-10-17)12-22-13-16-11-18-5-3-4-6-19(18)23(2)14-16/h3-10,16,22H,11-14H2,1-2H3,(H,21,24).